The molecule has 0 aliphatic heterocycles. The summed E-state index contributed by atoms with van der Waals surface area (Å²) in [6.07, 6.45) is 1.44. The van der Waals surface area contributed by atoms with Gasteiger partial charge < -0.3 is 10.6 Å². The molecule has 1 aromatic heterocycles. The number of aryl methyl sites for hydroxylation is 3. The highest BCUT2D eigenvalue weighted by Crippen LogP contribution is 2.22. The minimum absolute atomic E-state index is 0.165. The van der Waals surface area contributed by atoms with Gasteiger partial charge >= 0.3 is 0 Å². The molecule has 0 radical (unpaired) electrons. The first-order valence-corrected chi connectivity index (χ1v) is 9.14. The van der Waals surface area contributed by atoms with Crippen LogP contribution in [-0.4, -0.2) is 16.8 Å². The molecule has 0 aliphatic rings. The van der Waals surface area contributed by atoms with E-state index >= 15 is 0 Å². The number of halogens is 1. The summed E-state index contributed by atoms with van der Waals surface area (Å²) in [4.78, 5) is 29.3. The summed E-state index contributed by atoms with van der Waals surface area (Å²) in [7, 11) is 0. The Balaban J connectivity index is 1.80. The van der Waals surface area contributed by atoms with E-state index in [4.69, 9.17) is 11.6 Å². The van der Waals surface area contributed by atoms with Crippen molar-refractivity contribution in [3.05, 3.63) is 87.7 Å². The highest BCUT2D eigenvalue weighted by Gasteiger charge is 2.14. The van der Waals surface area contributed by atoms with Crippen LogP contribution in [0.1, 0.15) is 37.5 Å². The molecule has 2 amide bonds. The predicted molar refractivity (Wildman–Crippen MR) is 112 cm³/mol. The molecule has 2 N–H and O–H groups in total. The highest BCUT2D eigenvalue weighted by molar-refractivity contribution is 6.31. The van der Waals surface area contributed by atoms with E-state index < -0.39 is 0 Å². The second-order valence-corrected chi connectivity index (χ2v) is 7.00. The topological polar surface area (TPSA) is 71.1 Å². The maximum Gasteiger partial charge on any atom is 0.274 e. The van der Waals surface area contributed by atoms with Crippen molar-refractivity contribution in [3.8, 4) is 0 Å². The van der Waals surface area contributed by atoms with E-state index in [1.807, 2.05) is 45.0 Å². The normalized spacial score (nSPS) is 10.4. The number of pyridine rings is 1. The molecule has 2 aromatic carbocycles. The van der Waals surface area contributed by atoms with Crippen molar-refractivity contribution in [2.24, 2.45) is 0 Å². The average molecular weight is 394 g/mol. The number of hydrogen-bond acceptors (Lipinski definition) is 3. The molecular weight excluding hydrogens is 374 g/mol. The lowest BCUT2D eigenvalue weighted by atomic mass is 10.1. The molecule has 0 aliphatic carbocycles. The molecule has 0 bridgehead atoms. The largest absolute Gasteiger partial charge is 0.322 e. The van der Waals surface area contributed by atoms with Gasteiger partial charge in [0.15, 0.2) is 0 Å². The molecule has 1 heterocycles. The van der Waals surface area contributed by atoms with Gasteiger partial charge in [0.25, 0.3) is 11.8 Å². The number of para-hydroxylation sites is 1. The summed E-state index contributed by atoms with van der Waals surface area (Å²) in [6.45, 7) is 5.72. The molecule has 6 heteroatoms. The van der Waals surface area contributed by atoms with Crippen LogP contribution < -0.4 is 10.6 Å². The van der Waals surface area contributed by atoms with Crippen LogP contribution in [0.5, 0.6) is 0 Å². The Hall–Kier alpha value is -3.18. The van der Waals surface area contributed by atoms with Crippen molar-refractivity contribution in [2.45, 2.75) is 20.8 Å². The first-order valence-electron chi connectivity index (χ1n) is 8.76. The Morgan fingerprint density at radius 2 is 1.57 bits per heavy atom. The van der Waals surface area contributed by atoms with Gasteiger partial charge in [-0.3, -0.25) is 14.6 Å². The summed E-state index contributed by atoms with van der Waals surface area (Å²) in [6, 6.07) is 14.1. The fraction of sp³-hybridized carbons (Fsp3) is 0.136. The van der Waals surface area contributed by atoms with Gasteiger partial charge in [0, 0.05) is 28.2 Å². The summed E-state index contributed by atoms with van der Waals surface area (Å²) in [5, 5.41) is 6.23. The summed E-state index contributed by atoms with van der Waals surface area (Å²) in [5.41, 5.74) is 4.67. The smallest absolute Gasteiger partial charge is 0.274 e. The molecule has 28 heavy (non-hydrogen) atoms. The fourth-order valence-electron chi connectivity index (χ4n) is 2.81. The zero-order valence-electron chi connectivity index (χ0n) is 15.8. The monoisotopic (exact) mass is 393 g/mol. The first kappa shape index (κ1) is 19.6. The SMILES string of the molecule is Cc1ccc(Cl)cc1NC(=O)c1ccnc(C(=O)Nc2c(C)cccc2C)c1. The molecule has 0 spiro atoms. The van der Waals surface area contributed by atoms with E-state index in [1.54, 1.807) is 18.2 Å². The molecule has 3 rings (SSSR count). The second kappa shape index (κ2) is 8.23. The Kier molecular flexibility index (Phi) is 5.76. The third kappa shape index (κ3) is 4.38. The molecule has 0 saturated carbocycles. The van der Waals surface area contributed by atoms with Crippen molar-refractivity contribution in [2.75, 3.05) is 10.6 Å². The summed E-state index contributed by atoms with van der Waals surface area (Å²) < 4.78 is 0. The molecule has 142 valence electrons. The number of nitrogens with one attached hydrogen (secondary N) is 2. The van der Waals surface area contributed by atoms with Gasteiger partial charge in [-0.25, -0.2) is 0 Å². The lowest BCUT2D eigenvalue weighted by Gasteiger charge is -2.12. The molecule has 0 fully saturated rings. The number of anilines is 2. The minimum Gasteiger partial charge on any atom is -0.322 e. The number of nitrogens with zero attached hydrogens (tertiary/aromatic N) is 1. The maximum atomic E-state index is 12.6. The van der Waals surface area contributed by atoms with Crippen LogP contribution >= 0.6 is 11.6 Å². The maximum absolute atomic E-state index is 12.6. The number of benzene rings is 2. The van der Waals surface area contributed by atoms with Crippen LogP contribution in [0.15, 0.2) is 54.7 Å². The average Bonchev–Trinajstić information content (AvgIpc) is 2.67. The van der Waals surface area contributed by atoms with Crippen molar-refractivity contribution in [1.82, 2.24) is 4.98 Å². The van der Waals surface area contributed by atoms with E-state index in [0.717, 1.165) is 22.4 Å². The van der Waals surface area contributed by atoms with Crippen molar-refractivity contribution < 1.29 is 9.59 Å². The van der Waals surface area contributed by atoms with Gasteiger partial charge in [-0.2, -0.15) is 0 Å². The van der Waals surface area contributed by atoms with Gasteiger partial charge in [0.2, 0.25) is 0 Å². The van der Waals surface area contributed by atoms with E-state index in [1.165, 1.54) is 12.3 Å². The summed E-state index contributed by atoms with van der Waals surface area (Å²) >= 11 is 6.00. The zero-order chi connectivity index (χ0) is 20.3. The standard InChI is InChI=1S/C22H20ClN3O2/c1-13-7-8-17(23)12-18(13)25-21(27)16-9-10-24-19(11-16)22(28)26-20-14(2)5-4-6-15(20)3/h4-12H,1-3H3,(H,25,27)(H,26,28). The number of rotatable bonds is 4. The zero-order valence-corrected chi connectivity index (χ0v) is 16.6. The fourth-order valence-corrected chi connectivity index (χ4v) is 2.98. The number of carbonyl (C=O) groups excluding carboxylic acids is 2. The molecule has 5 nitrogen and oxygen atoms in total. The molecule has 0 atom stereocenters. The van der Waals surface area contributed by atoms with Crippen LogP contribution in [0.25, 0.3) is 0 Å². The van der Waals surface area contributed by atoms with E-state index in [9.17, 15) is 9.59 Å². The van der Waals surface area contributed by atoms with Crippen molar-refractivity contribution in [1.29, 1.82) is 0 Å². The molecule has 0 saturated heterocycles. The Labute approximate surface area is 168 Å². The number of hydrogen-bond donors (Lipinski definition) is 2. The van der Waals surface area contributed by atoms with Crippen LogP contribution in [0.3, 0.4) is 0 Å². The van der Waals surface area contributed by atoms with Crippen molar-refractivity contribution >= 4 is 34.8 Å². The van der Waals surface area contributed by atoms with Gasteiger partial charge in [0.1, 0.15) is 5.69 Å². The van der Waals surface area contributed by atoms with Crippen LogP contribution in [0.4, 0.5) is 11.4 Å². The third-order valence-electron chi connectivity index (χ3n) is 4.42. The van der Waals surface area contributed by atoms with Crippen LogP contribution in [0, 0.1) is 20.8 Å². The summed E-state index contributed by atoms with van der Waals surface area (Å²) in [5.74, 6) is -0.708. The lowest BCUT2D eigenvalue weighted by Crippen LogP contribution is -2.18. The molecule has 3 aromatic rings. The Morgan fingerprint density at radius 3 is 2.29 bits per heavy atom. The van der Waals surface area contributed by atoms with Crippen LogP contribution in [0.2, 0.25) is 5.02 Å². The van der Waals surface area contributed by atoms with E-state index in [2.05, 4.69) is 15.6 Å². The molecular formula is C22H20ClN3O2. The highest BCUT2D eigenvalue weighted by atomic mass is 35.5. The van der Waals surface area contributed by atoms with Gasteiger partial charge in [-0.15, -0.1) is 0 Å². The second-order valence-electron chi connectivity index (χ2n) is 6.56. The predicted octanol–water partition coefficient (Wildman–Crippen LogP) is 5.16. The van der Waals surface area contributed by atoms with E-state index in [-0.39, 0.29) is 17.5 Å². The lowest BCUT2D eigenvalue weighted by molar-refractivity contribution is 0.102. The number of aromatic nitrogens is 1. The quantitative estimate of drug-likeness (QED) is 0.642. The van der Waals surface area contributed by atoms with Crippen molar-refractivity contribution in [3.63, 3.8) is 0 Å². The van der Waals surface area contributed by atoms with Gasteiger partial charge in [-0.05, 0) is 61.7 Å². The Bertz CT molecular complexity index is 1040. The van der Waals surface area contributed by atoms with Crippen LogP contribution in [-0.2, 0) is 0 Å². The Morgan fingerprint density at radius 1 is 0.857 bits per heavy atom. The van der Waals surface area contributed by atoms with Gasteiger partial charge in [-0.1, -0.05) is 35.9 Å². The number of carbonyl (C=O) groups is 2. The van der Waals surface area contributed by atoms with E-state index in [0.29, 0.717) is 16.3 Å². The van der Waals surface area contributed by atoms with Gasteiger partial charge in [0.05, 0.1) is 0 Å². The molecule has 0 unspecified atom stereocenters. The first-order chi connectivity index (χ1) is 13.3. The number of amides is 2. The minimum atomic E-state index is -0.369. The third-order valence-corrected chi connectivity index (χ3v) is 4.66.